The lowest BCUT2D eigenvalue weighted by Gasteiger charge is -2.19. The fourth-order valence-corrected chi connectivity index (χ4v) is 3.45. The molecular formula is C10H15NO3S. The summed E-state index contributed by atoms with van der Waals surface area (Å²) in [6.07, 6.45) is 2.24. The molecule has 2 rings (SSSR count). The minimum atomic E-state index is -3.00. The molecule has 2 atom stereocenters. The number of sulfone groups is 1. The van der Waals surface area contributed by atoms with Crippen LogP contribution in [0.1, 0.15) is 25.1 Å². The van der Waals surface area contributed by atoms with Gasteiger partial charge in [-0.3, -0.25) is 0 Å². The van der Waals surface area contributed by atoms with Crippen molar-refractivity contribution in [1.82, 2.24) is 5.32 Å². The third-order valence-electron chi connectivity index (χ3n) is 2.86. The van der Waals surface area contributed by atoms with Crippen LogP contribution in [0.25, 0.3) is 0 Å². The van der Waals surface area contributed by atoms with Crippen LogP contribution in [0.5, 0.6) is 0 Å². The van der Waals surface area contributed by atoms with Gasteiger partial charge in [-0.05, 0) is 32.0 Å². The topological polar surface area (TPSA) is 59.3 Å². The lowest BCUT2D eigenvalue weighted by molar-refractivity contribution is 0.409. The second kappa shape index (κ2) is 3.98. The average molecular weight is 229 g/mol. The van der Waals surface area contributed by atoms with E-state index < -0.39 is 15.1 Å². The van der Waals surface area contributed by atoms with Gasteiger partial charge in [0.15, 0.2) is 9.84 Å². The molecule has 5 heteroatoms. The minimum absolute atomic E-state index is 0.215. The smallest absolute Gasteiger partial charge is 0.154 e. The summed E-state index contributed by atoms with van der Waals surface area (Å²) in [5.74, 6) is 0.964. The van der Waals surface area contributed by atoms with Crippen LogP contribution in [0.2, 0.25) is 0 Å². The Labute approximate surface area is 89.6 Å². The zero-order chi connectivity index (χ0) is 10.9. The molecule has 0 saturated carbocycles. The highest BCUT2D eigenvalue weighted by molar-refractivity contribution is 7.92. The first kappa shape index (κ1) is 10.7. The van der Waals surface area contributed by atoms with Gasteiger partial charge < -0.3 is 9.73 Å². The number of nitrogens with one attached hydrogen (secondary N) is 1. The summed E-state index contributed by atoms with van der Waals surface area (Å²) in [6, 6.07) is 3.38. The van der Waals surface area contributed by atoms with Crippen LogP contribution in [0.15, 0.2) is 22.8 Å². The molecule has 1 aromatic heterocycles. The van der Waals surface area contributed by atoms with Gasteiger partial charge in [0, 0.05) is 0 Å². The first-order chi connectivity index (χ1) is 7.11. The summed E-state index contributed by atoms with van der Waals surface area (Å²) in [7, 11) is -3.00. The van der Waals surface area contributed by atoms with Gasteiger partial charge in [-0.2, -0.15) is 0 Å². The highest BCUT2D eigenvalue weighted by Gasteiger charge is 2.33. The van der Waals surface area contributed by atoms with Crippen LogP contribution in [0.3, 0.4) is 0 Å². The lowest BCUT2D eigenvalue weighted by Crippen LogP contribution is -2.32. The van der Waals surface area contributed by atoms with Crippen molar-refractivity contribution >= 4 is 9.84 Å². The minimum Gasteiger partial charge on any atom is -0.468 e. The number of hydrogen-bond acceptors (Lipinski definition) is 4. The maximum Gasteiger partial charge on any atom is 0.154 e. The summed E-state index contributed by atoms with van der Waals surface area (Å²) >= 11 is 0. The van der Waals surface area contributed by atoms with Gasteiger partial charge in [0.05, 0.1) is 23.3 Å². The van der Waals surface area contributed by atoms with E-state index in [9.17, 15) is 8.42 Å². The van der Waals surface area contributed by atoms with Crippen molar-refractivity contribution in [2.24, 2.45) is 0 Å². The molecule has 0 aliphatic carbocycles. The molecular weight excluding hydrogens is 214 g/mol. The van der Waals surface area contributed by atoms with E-state index in [1.54, 1.807) is 19.3 Å². The number of rotatable bonds is 1. The van der Waals surface area contributed by atoms with Gasteiger partial charge in [0.1, 0.15) is 5.76 Å². The average Bonchev–Trinajstić information content (AvgIpc) is 2.66. The summed E-state index contributed by atoms with van der Waals surface area (Å²) in [6.45, 7) is 2.45. The van der Waals surface area contributed by atoms with E-state index in [4.69, 9.17) is 4.42 Å². The molecule has 0 aromatic carbocycles. The van der Waals surface area contributed by atoms with Crippen molar-refractivity contribution in [3.05, 3.63) is 24.2 Å². The molecule has 0 amide bonds. The zero-order valence-electron chi connectivity index (χ0n) is 8.64. The predicted octanol–water partition coefficient (Wildman–Crippen LogP) is 1.12. The van der Waals surface area contributed by atoms with Gasteiger partial charge >= 0.3 is 0 Å². The molecule has 2 unspecified atom stereocenters. The van der Waals surface area contributed by atoms with E-state index in [0.29, 0.717) is 12.2 Å². The van der Waals surface area contributed by atoms with Crippen LogP contribution in [-0.2, 0) is 9.84 Å². The molecule has 2 heterocycles. The van der Waals surface area contributed by atoms with Gasteiger partial charge in [-0.1, -0.05) is 0 Å². The van der Waals surface area contributed by atoms with Gasteiger partial charge in [0.2, 0.25) is 0 Å². The van der Waals surface area contributed by atoms with Crippen molar-refractivity contribution in [3.63, 3.8) is 0 Å². The summed E-state index contributed by atoms with van der Waals surface area (Å²) < 4.78 is 28.9. The molecule has 1 saturated heterocycles. The quantitative estimate of drug-likeness (QED) is 0.784. The molecule has 15 heavy (non-hydrogen) atoms. The molecule has 1 N–H and O–H groups in total. The molecule has 0 radical (unpaired) electrons. The SMILES string of the molecule is CC1C(c2ccco2)NCCCS1(=O)=O. The van der Waals surface area contributed by atoms with E-state index in [1.807, 2.05) is 6.07 Å². The zero-order valence-corrected chi connectivity index (χ0v) is 9.46. The standard InChI is InChI=1S/C10H15NO3S/c1-8-10(9-4-2-6-14-9)11-5-3-7-15(8,12)13/h2,4,6,8,10-11H,3,5,7H2,1H3. The molecule has 84 valence electrons. The maximum atomic E-state index is 11.8. The summed E-state index contributed by atoms with van der Waals surface area (Å²) in [5.41, 5.74) is 0. The Morgan fingerprint density at radius 3 is 3.00 bits per heavy atom. The molecule has 4 nitrogen and oxygen atoms in total. The Kier molecular flexibility index (Phi) is 2.84. The van der Waals surface area contributed by atoms with Crippen molar-refractivity contribution in [2.75, 3.05) is 12.3 Å². The van der Waals surface area contributed by atoms with Gasteiger partial charge in [-0.15, -0.1) is 0 Å². The predicted molar refractivity (Wildman–Crippen MR) is 57.3 cm³/mol. The fourth-order valence-electron chi connectivity index (χ4n) is 1.89. The van der Waals surface area contributed by atoms with E-state index in [2.05, 4.69) is 5.32 Å². The van der Waals surface area contributed by atoms with Crippen molar-refractivity contribution < 1.29 is 12.8 Å². The Hall–Kier alpha value is -0.810. The Bertz CT molecular complexity index is 410. The molecule has 0 bridgehead atoms. The molecule has 1 aliphatic heterocycles. The van der Waals surface area contributed by atoms with E-state index in [1.165, 1.54) is 0 Å². The summed E-state index contributed by atoms with van der Waals surface area (Å²) in [4.78, 5) is 0. The second-order valence-corrected chi connectivity index (χ2v) is 6.35. The first-order valence-electron chi connectivity index (χ1n) is 5.09. The van der Waals surface area contributed by atoms with Crippen molar-refractivity contribution in [3.8, 4) is 0 Å². The van der Waals surface area contributed by atoms with Crippen molar-refractivity contribution in [2.45, 2.75) is 24.6 Å². The van der Waals surface area contributed by atoms with Crippen LogP contribution in [0, 0.1) is 0 Å². The highest BCUT2D eigenvalue weighted by atomic mass is 32.2. The normalized spacial score (nSPS) is 31.0. The van der Waals surface area contributed by atoms with E-state index in [-0.39, 0.29) is 11.8 Å². The number of hydrogen-bond donors (Lipinski definition) is 1. The van der Waals surface area contributed by atoms with Gasteiger partial charge in [-0.25, -0.2) is 8.42 Å². The Balaban J connectivity index is 2.31. The summed E-state index contributed by atoms with van der Waals surface area (Å²) in [5, 5.41) is 2.79. The highest BCUT2D eigenvalue weighted by Crippen LogP contribution is 2.25. The van der Waals surface area contributed by atoms with Gasteiger partial charge in [0.25, 0.3) is 0 Å². The fraction of sp³-hybridized carbons (Fsp3) is 0.600. The van der Waals surface area contributed by atoms with Crippen LogP contribution >= 0.6 is 0 Å². The van der Waals surface area contributed by atoms with E-state index >= 15 is 0 Å². The Morgan fingerprint density at radius 2 is 2.33 bits per heavy atom. The lowest BCUT2D eigenvalue weighted by atomic mass is 10.1. The van der Waals surface area contributed by atoms with Crippen molar-refractivity contribution in [1.29, 1.82) is 0 Å². The maximum absolute atomic E-state index is 11.8. The monoisotopic (exact) mass is 229 g/mol. The Morgan fingerprint density at radius 1 is 1.53 bits per heavy atom. The van der Waals surface area contributed by atoms with E-state index in [0.717, 1.165) is 6.54 Å². The van der Waals surface area contributed by atoms with Crippen LogP contribution < -0.4 is 5.32 Å². The van der Waals surface area contributed by atoms with Crippen LogP contribution in [-0.4, -0.2) is 26.0 Å². The molecule has 0 spiro atoms. The molecule has 1 aliphatic rings. The van der Waals surface area contributed by atoms with Crippen LogP contribution in [0.4, 0.5) is 0 Å². The third kappa shape index (κ3) is 2.08. The first-order valence-corrected chi connectivity index (χ1v) is 6.81. The largest absolute Gasteiger partial charge is 0.468 e. The molecule has 1 fully saturated rings. The third-order valence-corrected chi connectivity index (χ3v) is 5.12. The second-order valence-electron chi connectivity index (χ2n) is 3.87. The number of furan rings is 1. The molecule has 1 aromatic rings.